The van der Waals surface area contributed by atoms with Gasteiger partial charge >= 0.3 is 0 Å². The summed E-state index contributed by atoms with van der Waals surface area (Å²) in [7, 11) is 0. The Morgan fingerprint density at radius 1 is 1.58 bits per heavy atom. The lowest BCUT2D eigenvalue weighted by Gasteiger charge is -2.07. The molecule has 0 heterocycles. The Hall–Kier alpha value is -0.410. The predicted molar refractivity (Wildman–Crippen MR) is 49.5 cm³/mol. The summed E-state index contributed by atoms with van der Waals surface area (Å²) >= 11 is 3.22. The molecule has 1 N–H and O–H groups in total. The molecule has 0 unspecified atom stereocenters. The van der Waals surface area contributed by atoms with Crippen molar-refractivity contribution in [2.75, 3.05) is 0 Å². The van der Waals surface area contributed by atoms with E-state index in [0.29, 0.717) is 16.5 Å². The van der Waals surface area contributed by atoms with Crippen molar-refractivity contribution >= 4 is 15.9 Å². The molecular weight excluding hydrogens is 223 g/mol. The number of hydrogen-bond donors (Lipinski definition) is 1. The third-order valence-electron chi connectivity index (χ3n) is 1.56. The highest BCUT2D eigenvalue weighted by Crippen LogP contribution is 2.20. The highest BCUT2D eigenvalue weighted by atomic mass is 79.9. The monoisotopic (exact) mass is 232 g/mol. The van der Waals surface area contributed by atoms with Gasteiger partial charge in [-0.2, -0.15) is 0 Å². The van der Waals surface area contributed by atoms with Crippen molar-refractivity contribution in [2.45, 2.75) is 19.4 Å². The Morgan fingerprint density at radius 2 is 2.25 bits per heavy atom. The molecule has 0 bridgehead atoms. The molecule has 0 spiro atoms. The number of hydrogen-bond acceptors (Lipinski definition) is 1. The van der Waals surface area contributed by atoms with Gasteiger partial charge in [-0.3, -0.25) is 0 Å². The van der Waals surface area contributed by atoms with Crippen molar-refractivity contribution in [3.63, 3.8) is 0 Å². The lowest BCUT2D eigenvalue weighted by molar-refractivity contribution is 0.194. The standard InChI is InChI=1S/C9H10BrFO/c1-6(12)5-7-8(10)3-2-4-9(7)11/h2-4,6,12H,5H2,1H3/t6-/m1/s1. The van der Waals surface area contributed by atoms with Crippen LogP contribution in [0.15, 0.2) is 22.7 Å². The van der Waals surface area contributed by atoms with E-state index in [0.717, 1.165) is 0 Å². The summed E-state index contributed by atoms with van der Waals surface area (Å²) in [4.78, 5) is 0. The van der Waals surface area contributed by atoms with Crippen molar-refractivity contribution in [2.24, 2.45) is 0 Å². The second kappa shape index (κ2) is 4.01. The highest BCUT2D eigenvalue weighted by Gasteiger charge is 2.08. The molecular formula is C9H10BrFO. The van der Waals surface area contributed by atoms with Gasteiger partial charge in [0.25, 0.3) is 0 Å². The minimum atomic E-state index is -0.516. The minimum absolute atomic E-state index is 0.273. The fraction of sp³-hybridized carbons (Fsp3) is 0.333. The molecule has 0 amide bonds. The van der Waals surface area contributed by atoms with E-state index in [1.54, 1.807) is 19.1 Å². The second-order valence-corrected chi connectivity index (χ2v) is 3.61. The van der Waals surface area contributed by atoms with Crippen LogP contribution in [0, 0.1) is 5.82 Å². The van der Waals surface area contributed by atoms with Crippen molar-refractivity contribution in [3.8, 4) is 0 Å². The van der Waals surface area contributed by atoms with Crippen LogP contribution < -0.4 is 0 Å². The average Bonchev–Trinajstić information content (AvgIpc) is 1.97. The molecule has 66 valence electrons. The first kappa shape index (κ1) is 9.68. The number of benzene rings is 1. The molecule has 1 atom stereocenters. The van der Waals surface area contributed by atoms with Gasteiger partial charge in [0.2, 0.25) is 0 Å². The maximum absolute atomic E-state index is 13.1. The van der Waals surface area contributed by atoms with Crippen molar-refractivity contribution in [1.29, 1.82) is 0 Å². The first-order valence-electron chi connectivity index (χ1n) is 3.72. The molecule has 1 aromatic rings. The summed E-state index contributed by atoms with van der Waals surface area (Å²) in [5, 5.41) is 9.07. The van der Waals surface area contributed by atoms with E-state index < -0.39 is 6.10 Å². The topological polar surface area (TPSA) is 20.2 Å². The van der Waals surface area contributed by atoms with Crippen LogP contribution in [0.2, 0.25) is 0 Å². The van der Waals surface area contributed by atoms with Crippen LogP contribution in [0.25, 0.3) is 0 Å². The van der Waals surface area contributed by atoms with Gasteiger partial charge in [-0.1, -0.05) is 22.0 Å². The molecule has 0 aromatic heterocycles. The van der Waals surface area contributed by atoms with Crippen LogP contribution >= 0.6 is 15.9 Å². The van der Waals surface area contributed by atoms with E-state index >= 15 is 0 Å². The number of rotatable bonds is 2. The second-order valence-electron chi connectivity index (χ2n) is 2.75. The lowest BCUT2D eigenvalue weighted by Crippen LogP contribution is -2.06. The Morgan fingerprint density at radius 3 is 2.75 bits per heavy atom. The third-order valence-corrected chi connectivity index (χ3v) is 2.30. The van der Waals surface area contributed by atoms with Gasteiger partial charge in [0.15, 0.2) is 0 Å². The number of halogens is 2. The largest absolute Gasteiger partial charge is 0.393 e. The van der Waals surface area contributed by atoms with Crippen LogP contribution in [0.1, 0.15) is 12.5 Å². The molecule has 0 saturated heterocycles. The molecule has 3 heteroatoms. The summed E-state index contributed by atoms with van der Waals surface area (Å²) in [6.45, 7) is 1.64. The zero-order chi connectivity index (χ0) is 9.14. The first-order valence-corrected chi connectivity index (χ1v) is 4.51. The maximum Gasteiger partial charge on any atom is 0.127 e. The molecule has 0 fully saturated rings. The quantitative estimate of drug-likeness (QED) is 0.832. The summed E-state index contributed by atoms with van der Waals surface area (Å²) in [5.41, 5.74) is 0.535. The summed E-state index contributed by atoms with van der Waals surface area (Å²) < 4.78 is 13.8. The molecule has 1 aromatic carbocycles. The number of aliphatic hydroxyl groups is 1. The van der Waals surface area contributed by atoms with Crippen molar-refractivity contribution < 1.29 is 9.50 Å². The molecule has 1 nitrogen and oxygen atoms in total. The van der Waals surface area contributed by atoms with Crippen molar-refractivity contribution in [3.05, 3.63) is 34.1 Å². The lowest BCUT2D eigenvalue weighted by atomic mass is 10.1. The van der Waals surface area contributed by atoms with Gasteiger partial charge in [0, 0.05) is 16.5 Å². The molecule has 0 aliphatic rings. The maximum atomic E-state index is 13.1. The normalized spacial score (nSPS) is 13.0. The van der Waals surface area contributed by atoms with Crippen LogP contribution in [-0.2, 0) is 6.42 Å². The van der Waals surface area contributed by atoms with Gasteiger partial charge < -0.3 is 5.11 Å². The zero-order valence-electron chi connectivity index (χ0n) is 6.72. The fourth-order valence-corrected chi connectivity index (χ4v) is 1.53. The van der Waals surface area contributed by atoms with Gasteiger partial charge in [-0.05, 0) is 19.1 Å². The minimum Gasteiger partial charge on any atom is -0.393 e. The molecule has 0 saturated carbocycles. The Bertz CT molecular complexity index is 253. The van der Waals surface area contributed by atoms with E-state index in [1.165, 1.54) is 6.07 Å². The van der Waals surface area contributed by atoms with Crippen LogP contribution in [0.3, 0.4) is 0 Å². The molecule has 0 aliphatic heterocycles. The zero-order valence-corrected chi connectivity index (χ0v) is 8.31. The molecule has 0 aliphatic carbocycles. The highest BCUT2D eigenvalue weighted by molar-refractivity contribution is 9.10. The Labute approximate surface area is 79.4 Å². The molecule has 1 rings (SSSR count). The van der Waals surface area contributed by atoms with Gasteiger partial charge in [0.05, 0.1) is 6.10 Å². The van der Waals surface area contributed by atoms with Crippen LogP contribution in [-0.4, -0.2) is 11.2 Å². The van der Waals surface area contributed by atoms with E-state index in [9.17, 15) is 4.39 Å². The van der Waals surface area contributed by atoms with Crippen molar-refractivity contribution in [1.82, 2.24) is 0 Å². The average molecular weight is 233 g/mol. The van der Waals surface area contributed by atoms with E-state index in [2.05, 4.69) is 15.9 Å². The van der Waals surface area contributed by atoms with Gasteiger partial charge in [-0.25, -0.2) is 4.39 Å². The van der Waals surface area contributed by atoms with Crippen LogP contribution in [0.4, 0.5) is 4.39 Å². The first-order chi connectivity index (χ1) is 5.61. The fourth-order valence-electron chi connectivity index (χ4n) is 1.02. The summed E-state index contributed by atoms with van der Waals surface area (Å²) in [6.07, 6.45) is -0.175. The van der Waals surface area contributed by atoms with E-state index in [1.807, 2.05) is 0 Å². The summed E-state index contributed by atoms with van der Waals surface area (Å²) in [5.74, 6) is -0.273. The molecule has 12 heavy (non-hydrogen) atoms. The summed E-state index contributed by atoms with van der Waals surface area (Å²) in [6, 6.07) is 4.79. The van der Waals surface area contributed by atoms with Gasteiger partial charge in [-0.15, -0.1) is 0 Å². The Balaban J connectivity index is 2.96. The predicted octanol–water partition coefficient (Wildman–Crippen LogP) is 2.51. The number of aliphatic hydroxyl groups excluding tert-OH is 1. The third kappa shape index (κ3) is 2.29. The Kier molecular flexibility index (Phi) is 3.23. The SMILES string of the molecule is C[C@@H](O)Cc1c(F)cccc1Br. The molecule has 0 radical (unpaired) electrons. The smallest absolute Gasteiger partial charge is 0.127 e. The van der Waals surface area contributed by atoms with E-state index in [4.69, 9.17) is 5.11 Å². The van der Waals surface area contributed by atoms with E-state index in [-0.39, 0.29) is 5.82 Å². The van der Waals surface area contributed by atoms with Crippen LogP contribution in [0.5, 0.6) is 0 Å². The van der Waals surface area contributed by atoms with Gasteiger partial charge in [0.1, 0.15) is 5.82 Å².